The van der Waals surface area contributed by atoms with Gasteiger partial charge in [0.15, 0.2) is 0 Å². The molecule has 1 fully saturated rings. The van der Waals surface area contributed by atoms with Crippen LogP contribution in [0.25, 0.3) is 0 Å². The fourth-order valence-electron chi connectivity index (χ4n) is 1.88. The van der Waals surface area contributed by atoms with E-state index in [1.807, 2.05) is 7.05 Å². The molecule has 18 heavy (non-hydrogen) atoms. The van der Waals surface area contributed by atoms with Gasteiger partial charge in [-0.15, -0.1) is 0 Å². The third-order valence-corrected chi connectivity index (χ3v) is 2.89. The summed E-state index contributed by atoms with van der Waals surface area (Å²) in [5.74, 6) is -1.11. The van der Waals surface area contributed by atoms with Crippen LogP contribution in [0.3, 0.4) is 0 Å². The quantitative estimate of drug-likeness (QED) is 0.844. The predicted octanol–water partition coefficient (Wildman–Crippen LogP) is 2.26. The number of aromatic nitrogens is 2. The molecule has 0 bridgehead atoms. The van der Waals surface area contributed by atoms with E-state index in [1.165, 1.54) is 6.07 Å². The number of nitrogens with one attached hydrogen (secondary N) is 1. The molecule has 0 radical (unpaired) electrons. The second kappa shape index (κ2) is 4.89. The number of rotatable bonds is 2. The van der Waals surface area contributed by atoms with E-state index < -0.39 is 12.0 Å². The maximum Gasteiger partial charge on any atom is 0.451 e. The first-order valence-corrected chi connectivity index (χ1v) is 5.79. The van der Waals surface area contributed by atoms with E-state index in [0.29, 0.717) is 0 Å². The monoisotopic (exact) mass is 280 g/mol. The van der Waals surface area contributed by atoms with Crippen LogP contribution in [0.2, 0.25) is 5.15 Å². The van der Waals surface area contributed by atoms with Gasteiger partial charge in [0, 0.05) is 18.7 Å². The molecule has 0 aromatic carbocycles. The molecular weight excluding hydrogens is 269 g/mol. The number of likely N-dealkylation sites (tertiary alicyclic amines) is 1. The molecule has 1 aromatic heterocycles. The van der Waals surface area contributed by atoms with Gasteiger partial charge in [0.05, 0.1) is 0 Å². The van der Waals surface area contributed by atoms with Crippen molar-refractivity contribution < 1.29 is 13.2 Å². The van der Waals surface area contributed by atoms with Gasteiger partial charge in [-0.1, -0.05) is 11.6 Å². The normalized spacial score (nSPS) is 21.3. The van der Waals surface area contributed by atoms with Gasteiger partial charge in [0.1, 0.15) is 11.0 Å². The van der Waals surface area contributed by atoms with Crippen LogP contribution < -0.4 is 5.32 Å². The van der Waals surface area contributed by atoms with Crippen LogP contribution in [0.5, 0.6) is 0 Å². The predicted molar refractivity (Wildman–Crippen MR) is 61.6 cm³/mol. The molecule has 0 amide bonds. The average Bonchev–Trinajstić information content (AvgIpc) is 2.61. The van der Waals surface area contributed by atoms with Gasteiger partial charge >= 0.3 is 6.18 Å². The Morgan fingerprint density at radius 3 is 2.72 bits per heavy atom. The highest BCUT2D eigenvalue weighted by Gasteiger charge is 2.35. The fourth-order valence-corrected chi connectivity index (χ4v) is 2.06. The molecule has 4 nitrogen and oxygen atoms in total. The van der Waals surface area contributed by atoms with E-state index in [4.69, 9.17) is 11.6 Å². The van der Waals surface area contributed by atoms with Gasteiger partial charge in [-0.25, -0.2) is 9.97 Å². The second-order valence-electron chi connectivity index (χ2n) is 4.29. The number of likely N-dealkylation sites (N-methyl/N-ethyl adjacent to an activating group) is 1. The lowest BCUT2D eigenvalue weighted by molar-refractivity contribution is -0.144. The Morgan fingerprint density at radius 1 is 1.44 bits per heavy atom. The summed E-state index contributed by atoms with van der Waals surface area (Å²) >= 11 is 5.57. The summed E-state index contributed by atoms with van der Waals surface area (Å²) in [4.78, 5) is 8.71. The summed E-state index contributed by atoms with van der Waals surface area (Å²) in [6.45, 7) is 1.67. The van der Waals surface area contributed by atoms with E-state index in [2.05, 4.69) is 20.2 Å². The first-order valence-electron chi connectivity index (χ1n) is 5.41. The van der Waals surface area contributed by atoms with Crippen molar-refractivity contribution in [1.82, 2.24) is 14.9 Å². The number of hydrogen-bond donors (Lipinski definition) is 1. The summed E-state index contributed by atoms with van der Waals surface area (Å²) in [6.07, 6.45) is -3.73. The van der Waals surface area contributed by atoms with Gasteiger partial charge in [-0.3, -0.25) is 0 Å². The standard InChI is InChI=1S/C10H12ClF3N4/c1-18-3-2-6(5-18)15-8-4-7(11)16-9(17-8)10(12,13)14/h4,6H,2-3,5H2,1H3,(H,15,16,17). The molecule has 1 aromatic rings. The number of alkyl halides is 3. The van der Waals surface area contributed by atoms with Crippen molar-refractivity contribution in [2.75, 3.05) is 25.5 Å². The number of halogens is 4. The molecule has 2 heterocycles. The fraction of sp³-hybridized carbons (Fsp3) is 0.600. The van der Waals surface area contributed by atoms with Crippen molar-refractivity contribution in [2.45, 2.75) is 18.6 Å². The van der Waals surface area contributed by atoms with E-state index >= 15 is 0 Å². The number of anilines is 1. The van der Waals surface area contributed by atoms with Crippen LogP contribution in [-0.4, -0.2) is 41.0 Å². The molecule has 0 spiro atoms. The summed E-state index contributed by atoms with van der Waals surface area (Å²) in [5.41, 5.74) is 0. The van der Waals surface area contributed by atoms with E-state index in [9.17, 15) is 13.2 Å². The SMILES string of the molecule is CN1CCC(Nc2cc(Cl)nc(C(F)(F)F)n2)C1. The molecule has 8 heteroatoms. The lowest BCUT2D eigenvalue weighted by Crippen LogP contribution is -2.24. The van der Waals surface area contributed by atoms with Crippen LogP contribution in [0.1, 0.15) is 12.2 Å². The van der Waals surface area contributed by atoms with E-state index in [-0.39, 0.29) is 17.0 Å². The smallest absolute Gasteiger partial charge is 0.366 e. The Kier molecular flexibility index (Phi) is 3.63. The average molecular weight is 281 g/mol. The lowest BCUT2D eigenvalue weighted by atomic mass is 10.2. The van der Waals surface area contributed by atoms with E-state index in [1.54, 1.807) is 0 Å². The molecule has 1 atom stereocenters. The second-order valence-corrected chi connectivity index (χ2v) is 4.68. The lowest BCUT2D eigenvalue weighted by Gasteiger charge is -2.14. The van der Waals surface area contributed by atoms with E-state index in [0.717, 1.165) is 19.5 Å². The third-order valence-electron chi connectivity index (χ3n) is 2.69. The third kappa shape index (κ3) is 3.23. The van der Waals surface area contributed by atoms with Gasteiger partial charge in [0.25, 0.3) is 0 Å². The Morgan fingerprint density at radius 2 is 2.17 bits per heavy atom. The van der Waals surface area contributed by atoms with Crippen molar-refractivity contribution >= 4 is 17.4 Å². The Labute approximate surface area is 107 Å². The van der Waals surface area contributed by atoms with Crippen molar-refractivity contribution in [1.29, 1.82) is 0 Å². The highest BCUT2D eigenvalue weighted by molar-refractivity contribution is 6.29. The topological polar surface area (TPSA) is 41.0 Å². The zero-order valence-electron chi connectivity index (χ0n) is 9.63. The minimum absolute atomic E-state index is 0.0852. The highest BCUT2D eigenvalue weighted by Crippen LogP contribution is 2.28. The Bertz CT molecular complexity index is 438. The van der Waals surface area contributed by atoms with Crippen LogP contribution >= 0.6 is 11.6 Å². The molecule has 1 aliphatic rings. The van der Waals surface area contributed by atoms with Gasteiger partial charge in [0.2, 0.25) is 5.82 Å². The van der Waals surface area contributed by atoms with Crippen LogP contribution in [0.4, 0.5) is 19.0 Å². The molecule has 1 unspecified atom stereocenters. The summed E-state index contributed by atoms with van der Waals surface area (Å²) in [6, 6.07) is 1.39. The molecule has 1 N–H and O–H groups in total. The molecular formula is C10H12ClF3N4. The maximum absolute atomic E-state index is 12.5. The molecule has 0 saturated carbocycles. The molecule has 2 rings (SSSR count). The van der Waals surface area contributed by atoms with Gasteiger partial charge in [-0.2, -0.15) is 13.2 Å². The number of hydrogen-bond acceptors (Lipinski definition) is 4. The molecule has 1 aliphatic heterocycles. The zero-order valence-corrected chi connectivity index (χ0v) is 10.4. The number of nitrogens with zero attached hydrogens (tertiary/aromatic N) is 3. The Hall–Kier alpha value is -1.08. The minimum atomic E-state index is -4.59. The molecule has 100 valence electrons. The summed E-state index contributed by atoms with van der Waals surface area (Å²) in [5, 5.41) is 2.73. The maximum atomic E-state index is 12.5. The molecule has 0 aliphatic carbocycles. The van der Waals surface area contributed by atoms with Crippen molar-refractivity contribution in [3.8, 4) is 0 Å². The van der Waals surface area contributed by atoms with Crippen molar-refractivity contribution in [3.63, 3.8) is 0 Å². The van der Waals surface area contributed by atoms with Gasteiger partial charge in [-0.05, 0) is 20.0 Å². The zero-order chi connectivity index (χ0) is 13.3. The van der Waals surface area contributed by atoms with Crippen molar-refractivity contribution in [3.05, 3.63) is 17.0 Å². The minimum Gasteiger partial charge on any atom is -0.366 e. The first-order chi connectivity index (χ1) is 8.34. The largest absolute Gasteiger partial charge is 0.451 e. The van der Waals surface area contributed by atoms with Crippen molar-refractivity contribution in [2.24, 2.45) is 0 Å². The molecule has 1 saturated heterocycles. The highest BCUT2D eigenvalue weighted by atomic mass is 35.5. The summed E-state index contributed by atoms with van der Waals surface area (Å²) in [7, 11) is 1.95. The van der Waals surface area contributed by atoms with Gasteiger partial charge < -0.3 is 10.2 Å². The Balaban J connectivity index is 2.15. The first kappa shape index (κ1) is 13.4. The van der Waals surface area contributed by atoms with Crippen LogP contribution in [-0.2, 0) is 6.18 Å². The van der Waals surface area contributed by atoms with Crippen LogP contribution in [0, 0.1) is 0 Å². The summed E-state index contributed by atoms with van der Waals surface area (Å²) < 4.78 is 37.5. The van der Waals surface area contributed by atoms with Crippen LogP contribution in [0.15, 0.2) is 6.07 Å².